The second-order valence-corrected chi connectivity index (χ2v) is 8.11. The van der Waals surface area contributed by atoms with Crippen molar-refractivity contribution in [2.75, 3.05) is 13.1 Å². The van der Waals surface area contributed by atoms with Crippen molar-refractivity contribution in [3.8, 4) is 0 Å². The molecule has 0 saturated heterocycles. The summed E-state index contributed by atoms with van der Waals surface area (Å²) in [6, 6.07) is -0.813. The quantitative estimate of drug-likeness (QED) is 0.141. The van der Waals surface area contributed by atoms with E-state index in [2.05, 4.69) is 9.98 Å². The van der Waals surface area contributed by atoms with Gasteiger partial charge in [-0.25, -0.2) is 18.3 Å². The molecule has 223 valence electrons. The minimum Gasteiger partial charge on any atom is -0.418 e. The van der Waals surface area contributed by atoms with Gasteiger partial charge in [0.25, 0.3) is 0 Å². The molecule has 8 nitrogen and oxygen atoms in total. The van der Waals surface area contributed by atoms with Gasteiger partial charge >= 0.3 is 31.6 Å². The van der Waals surface area contributed by atoms with Gasteiger partial charge < -0.3 is 34.5 Å². The third-order valence-corrected chi connectivity index (χ3v) is 4.56. The number of hydrogen-bond acceptors (Lipinski definition) is 4. The number of carbonyl (C=O) groups excluding carboxylic acids is 2. The van der Waals surface area contributed by atoms with E-state index in [1.165, 1.54) is 0 Å². The normalized spacial score (nSPS) is 13.7. The van der Waals surface area contributed by atoms with Gasteiger partial charge in [0.1, 0.15) is 24.8 Å². The first-order chi connectivity index (χ1) is 17.2. The van der Waals surface area contributed by atoms with Crippen LogP contribution in [-0.2, 0) is 40.8 Å². The maximum Gasteiger partial charge on any atom is 2.00 e. The summed E-state index contributed by atoms with van der Waals surface area (Å²) in [7, 11) is -8.18. The predicted molar refractivity (Wildman–Crippen MR) is 127 cm³/mol. The Morgan fingerprint density at radius 1 is 0.692 bits per heavy atom. The number of hydrogen-bond donors (Lipinski definition) is 0. The van der Waals surface area contributed by atoms with E-state index in [0.717, 1.165) is 11.4 Å². The molecule has 0 fully saturated rings. The van der Waals surface area contributed by atoms with Gasteiger partial charge in [0.2, 0.25) is 12.7 Å². The van der Waals surface area contributed by atoms with Gasteiger partial charge in [-0.1, -0.05) is 0 Å². The SMILES string of the molecule is CC(=O)C(C(C)=NCCN=C(C)C(C(C)=O)n1cc[n+](C)c1)n1cc[n+](C)c1.F[B-](F)(F)F.F[B-](F)(F)F.[Cu+2]. The van der Waals surface area contributed by atoms with Crippen molar-refractivity contribution in [1.29, 1.82) is 0 Å². The Labute approximate surface area is 231 Å². The molecule has 19 heteroatoms. The summed E-state index contributed by atoms with van der Waals surface area (Å²) in [5, 5.41) is 0. The molecule has 0 bridgehead atoms. The fourth-order valence-corrected chi connectivity index (χ4v) is 3.31. The van der Waals surface area contributed by atoms with Crippen LogP contribution in [0.15, 0.2) is 47.4 Å². The van der Waals surface area contributed by atoms with Gasteiger partial charge in [0, 0.05) is 0 Å². The zero-order valence-electron chi connectivity index (χ0n) is 22.0. The Kier molecular flexibility index (Phi) is 16.7. The average Bonchev–Trinajstić information content (AvgIpc) is 3.30. The van der Waals surface area contributed by atoms with Crippen molar-refractivity contribution < 1.29 is 70.3 Å². The van der Waals surface area contributed by atoms with E-state index in [4.69, 9.17) is 0 Å². The summed E-state index contributed by atoms with van der Waals surface area (Å²) >= 11 is 0. The van der Waals surface area contributed by atoms with Gasteiger partial charge in [-0.05, 0) is 27.7 Å². The minimum atomic E-state index is -6.00. The van der Waals surface area contributed by atoms with Crippen LogP contribution in [-0.4, -0.2) is 59.7 Å². The molecule has 0 aromatic carbocycles. The number of aromatic nitrogens is 4. The number of imidazole rings is 2. The van der Waals surface area contributed by atoms with Crippen LogP contribution in [0.25, 0.3) is 0 Å². The van der Waals surface area contributed by atoms with E-state index in [9.17, 15) is 44.1 Å². The molecule has 39 heavy (non-hydrogen) atoms. The first-order valence-corrected chi connectivity index (χ1v) is 11.0. The van der Waals surface area contributed by atoms with Crippen molar-refractivity contribution in [2.45, 2.75) is 39.8 Å². The van der Waals surface area contributed by atoms with Crippen molar-refractivity contribution in [2.24, 2.45) is 24.1 Å². The molecule has 1 radical (unpaired) electrons. The monoisotopic (exact) mass is 623 g/mol. The summed E-state index contributed by atoms with van der Waals surface area (Å²) in [5.74, 6) is 0.0727. The number of aliphatic imine (C=N–C) groups is 2. The Morgan fingerprint density at radius 2 is 0.949 bits per heavy atom. The maximum absolute atomic E-state index is 12.1. The fraction of sp³-hybridized carbons (Fsp3) is 0.500. The average molecular weight is 624 g/mol. The van der Waals surface area contributed by atoms with E-state index < -0.39 is 26.6 Å². The molecule has 2 aromatic rings. The topological polar surface area (TPSA) is 76.5 Å². The number of halogens is 8. The number of carbonyl (C=O) groups is 2. The van der Waals surface area contributed by atoms with E-state index in [1.807, 2.05) is 83.7 Å². The second kappa shape index (κ2) is 17.0. The summed E-state index contributed by atoms with van der Waals surface area (Å²) in [6.45, 7) is 7.79. The van der Waals surface area contributed by atoms with Gasteiger partial charge in [-0.2, -0.15) is 0 Å². The van der Waals surface area contributed by atoms with E-state index in [0.29, 0.717) is 13.1 Å². The Bertz CT molecular complexity index is 1020. The standard InChI is InChI=1S/C20H30N6O2.2BF4.Cu/c1-15(19(17(3)27)25-11-9-23(5)13-25)21-7-8-22-16(2)20(18(4)28)26-12-10-24(6)14-26;2*2-1(3,4)5;/h9-14,19-20H,7-8H2,1-6H3;;;/q+2;2*-1;+2. The van der Waals surface area contributed by atoms with Crippen LogP contribution in [0.4, 0.5) is 34.5 Å². The van der Waals surface area contributed by atoms with Gasteiger partial charge in [-0.15, -0.1) is 0 Å². The number of rotatable bonds is 9. The predicted octanol–water partition coefficient (Wildman–Crippen LogP) is 3.42. The Balaban J connectivity index is 0. The van der Waals surface area contributed by atoms with Crippen LogP contribution in [0, 0.1) is 0 Å². The van der Waals surface area contributed by atoms with E-state index in [1.54, 1.807) is 13.8 Å². The molecule has 2 atom stereocenters. The molecule has 0 aliphatic carbocycles. The third kappa shape index (κ3) is 18.2. The summed E-state index contributed by atoms with van der Waals surface area (Å²) in [4.78, 5) is 33.3. The molecule has 0 spiro atoms. The van der Waals surface area contributed by atoms with Crippen molar-refractivity contribution >= 4 is 37.5 Å². The fourth-order valence-electron chi connectivity index (χ4n) is 3.31. The van der Waals surface area contributed by atoms with Crippen LogP contribution in [0.5, 0.6) is 0 Å². The molecule has 0 amide bonds. The van der Waals surface area contributed by atoms with Crippen LogP contribution in [0.3, 0.4) is 0 Å². The Morgan fingerprint density at radius 3 is 1.13 bits per heavy atom. The molecule has 2 unspecified atom stereocenters. The smallest absolute Gasteiger partial charge is 0.418 e. The van der Waals surface area contributed by atoms with Gasteiger partial charge in [0.15, 0.2) is 23.7 Å². The molecule has 2 heterocycles. The second-order valence-electron chi connectivity index (χ2n) is 8.11. The summed E-state index contributed by atoms with van der Waals surface area (Å²) in [5.41, 5.74) is 1.49. The van der Waals surface area contributed by atoms with Gasteiger partial charge in [-0.3, -0.25) is 19.6 Å². The number of nitrogens with zero attached hydrogens (tertiary/aromatic N) is 6. The van der Waals surface area contributed by atoms with Crippen molar-refractivity contribution in [1.82, 2.24) is 9.13 Å². The molecule has 2 aromatic heterocycles. The molecular formula is C20H30B2CuF8N6O2+2. The molecular weight excluding hydrogens is 593 g/mol. The zero-order valence-corrected chi connectivity index (χ0v) is 23.0. The third-order valence-electron chi connectivity index (χ3n) is 4.56. The first kappa shape index (κ1) is 38.3. The van der Waals surface area contributed by atoms with Crippen LogP contribution < -0.4 is 9.13 Å². The maximum atomic E-state index is 12.1. The van der Waals surface area contributed by atoms with Gasteiger partial charge in [0.05, 0.1) is 38.6 Å². The Hall–Kier alpha value is -2.81. The van der Waals surface area contributed by atoms with E-state index >= 15 is 0 Å². The van der Waals surface area contributed by atoms with Crippen LogP contribution >= 0.6 is 0 Å². The number of ketones is 2. The van der Waals surface area contributed by atoms with Crippen LogP contribution in [0.1, 0.15) is 39.8 Å². The largest absolute Gasteiger partial charge is 2.00 e. The molecule has 0 N–H and O–H groups in total. The van der Waals surface area contributed by atoms with E-state index in [-0.39, 0.29) is 28.6 Å². The molecule has 0 aliphatic heterocycles. The van der Waals surface area contributed by atoms with Crippen molar-refractivity contribution in [3.63, 3.8) is 0 Å². The zero-order chi connectivity index (χ0) is 29.8. The first-order valence-electron chi connectivity index (χ1n) is 11.0. The number of Topliss-reactive ketones (excluding diaryl/α,β-unsaturated/α-hetero) is 2. The summed E-state index contributed by atoms with van der Waals surface area (Å²) < 4.78 is 85.5. The summed E-state index contributed by atoms with van der Waals surface area (Å²) in [6.07, 6.45) is 11.2. The minimum absolute atomic E-state index is 0. The molecule has 0 aliphatic rings. The molecule has 2 rings (SSSR count). The van der Waals surface area contributed by atoms with Crippen molar-refractivity contribution in [3.05, 3.63) is 37.4 Å². The number of aryl methyl sites for hydroxylation is 2. The molecule has 0 saturated carbocycles. The van der Waals surface area contributed by atoms with Crippen LogP contribution in [0.2, 0.25) is 0 Å².